The van der Waals surface area contributed by atoms with Gasteiger partial charge in [0.1, 0.15) is 12.0 Å². The van der Waals surface area contributed by atoms with Gasteiger partial charge in [-0.05, 0) is 63.6 Å². The molecule has 1 amide bonds. The lowest BCUT2D eigenvalue weighted by Crippen LogP contribution is -2.48. The van der Waals surface area contributed by atoms with Crippen LogP contribution in [0.1, 0.15) is 49.9 Å². The number of anilines is 1. The number of pyridine rings is 1. The van der Waals surface area contributed by atoms with Gasteiger partial charge in [-0.2, -0.15) is 0 Å². The third-order valence-corrected chi connectivity index (χ3v) is 6.25. The number of rotatable bonds is 4. The van der Waals surface area contributed by atoms with Crippen molar-refractivity contribution in [3.05, 3.63) is 35.8 Å². The summed E-state index contributed by atoms with van der Waals surface area (Å²) in [5.74, 6) is -0.415. The van der Waals surface area contributed by atoms with Crippen LogP contribution >= 0.6 is 0 Å². The second kappa shape index (κ2) is 7.52. The molecule has 1 aliphatic carbocycles. The first-order valence-electron chi connectivity index (χ1n) is 10.2. The molecular weight excluding hydrogens is 376 g/mol. The number of carbonyl (C=O) groups excluding carboxylic acids is 1. The lowest BCUT2D eigenvalue weighted by Gasteiger charge is -2.36. The van der Waals surface area contributed by atoms with E-state index in [1.165, 1.54) is 12.3 Å². The number of halogens is 2. The Morgan fingerprint density at radius 1 is 1.21 bits per heavy atom. The summed E-state index contributed by atoms with van der Waals surface area (Å²) in [5, 5.41) is 13.7. The smallest absolute Gasteiger partial charge is 0.253 e. The molecule has 156 valence electrons. The van der Waals surface area contributed by atoms with Crippen LogP contribution in [-0.4, -0.2) is 46.9 Å². The second-order valence-corrected chi connectivity index (χ2v) is 8.90. The van der Waals surface area contributed by atoms with E-state index in [2.05, 4.69) is 10.3 Å². The fraction of sp³-hybridized carbons (Fsp3) is 0.545. The van der Waals surface area contributed by atoms with Crippen molar-refractivity contribution >= 4 is 22.5 Å². The Labute approximate surface area is 169 Å². The topological polar surface area (TPSA) is 65.5 Å². The maximum Gasteiger partial charge on any atom is 0.253 e. The van der Waals surface area contributed by atoms with Crippen LogP contribution in [0.2, 0.25) is 0 Å². The largest absolute Gasteiger partial charge is 0.390 e. The Balaban J connectivity index is 1.44. The van der Waals surface area contributed by atoms with Gasteiger partial charge < -0.3 is 15.3 Å². The molecule has 1 saturated carbocycles. The predicted molar refractivity (Wildman–Crippen MR) is 108 cm³/mol. The molecule has 29 heavy (non-hydrogen) atoms. The van der Waals surface area contributed by atoms with Crippen molar-refractivity contribution in [2.24, 2.45) is 5.92 Å². The quantitative estimate of drug-likeness (QED) is 0.819. The van der Waals surface area contributed by atoms with Gasteiger partial charge in [-0.25, -0.2) is 8.78 Å². The predicted octanol–water partition coefficient (Wildman–Crippen LogP) is 3.59. The molecule has 7 heteroatoms. The van der Waals surface area contributed by atoms with Crippen LogP contribution in [0.15, 0.2) is 24.4 Å². The van der Waals surface area contributed by atoms with Crippen molar-refractivity contribution in [1.82, 2.24) is 10.3 Å². The van der Waals surface area contributed by atoms with Gasteiger partial charge in [0.15, 0.2) is 0 Å². The Hall–Kier alpha value is -2.28. The number of hydrogen-bond acceptors (Lipinski definition) is 4. The van der Waals surface area contributed by atoms with Crippen molar-refractivity contribution in [1.29, 1.82) is 0 Å². The maximum atomic E-state index is 14.4. The van der Waals surface area contributed by atoms with E-state index in [0.29, 0.717) is 22.2 Å². The van der Waals surface area contributed by atoms with Crippen molar-refractivity contribution < 1.29 is 18.7 Å². The van der Waals surface area contributed by atoms with Gasteiger partial charge in [-0.1, -0.05) is 0 Å². The van der Waals surface area contributed by atoms with Gasteiger partial charge >= 0.3 is 0 Å². The zero-order valence-electron chi connectivity index (χ0n) is 16.8. The number of hydrogen-bond donors (Lipinski definition) is 2. The minimum absolute atomic E-state index is 0.0657. The third kappa shape index (κ3) is 4.20. The first-order valence-corrected chi connectivity index (χ1v) is 10.2. The molecule has 5 nitrogen and oxygen atoms in total. The van der Waals surface area contributed by atoms with Crippen LogP contribution in [0.5, 0.6) is 0 Å². The van der Waals surface area contributed by atoms with Gasteiger partial charge in [-0.3, -0.25) is 9.78 Å². The molecule has 1 aromatic carbocycles. The van der Waals surface area contributed by atoms with Gasteiger partial charge in [0.05, 0.1) is 35.5 Å². The Kier molecular flexibility index (Phi) is 5.19. The monoisotopic (exact) mass is 403 g/mol. The molecule has 0 spiro atoms. The second-order valence-electron chi connectivity index (χ2n) is 8.90. The summed E-state index contributed by atoms with van der Waals surface area (Å²) < 4.78 is 27.5. The van der Waals surface area contributed by atoms with E-state index in [-0.39, 0.29) is 31.0 Å². The fourth-order valence-corrected chi connectivity index (χ4v) is 4.34. The van der Waals surface area contributed by atoms with E-state index in [4.69, 9.17) is 0 Å². The lowest BCUT2D eigenvalue weighted by molar-refractivity contribution is -0.00257. The highest BCUT2D eigenvalue weighted by molar-refractivity contribution is 5.97. The minimum Gasteiger partial charge on any atom is -0.390 e. The van der Waals surface area contributed by atoms with Crippen LogP contribution < -0.4 is 10.2 Å². The molecule has 1 saturated heterocycles. The van der Waals surface area contributed by atoms with Gasteiger partial charge in [0, 0.05) is 17.6 Å². The van der Waals surface area contributed by atoms with Crippen molar-refractivity contribution in [2.45, 2.75) is 57.3 Å². The van der Waals surface area contributed by atoms with Crippen LogP contribution in [-0.2, 0) is 0 Å². The summed E-state index contributed by atoms with van der Waals surface area (Å²) >= 11 is 0. The summed E-state index contributed by atoms with van der Waals surface area (Å²) in [6.45, 7) is 4.05. The van der Waals surface area contributed by atoms with Gasteiger partial charge in [-0.15, -0.1) is 0 Å². The Bertz CT molecular complexity index is 914. The molecule has 0 bridgehead atoms. The highest BCUT2D eigenvalue weighted by atomic mass is 19.1. The zero-order valence-corrected chi connectivity index (χ0v) is 16.8. The number of aromatic nitrogens is 1. The lowest BCUT2D eigenvalue weighted by atomic mass is 9.77. The van der Waals surface area contributed by atoms with E-state index in [0.717, 1.165) is 25.7 Å². The highest BCUT2D eigenvalue weighted by Gasteiger charge is 2.32. The molecule has 1 aliphatic heterocycles. The SMILES string of the molecule is CC(C)(O)C1CCC(NC(=O)c2cnc3cc(N4CC(F)C4)c(F)cc3c2)CC1. The summed E-state index contributed by atoms with van der Waals surface area (Å²) in [5.41, 5.74) is 0.620. The van der Waals surface area contributed by atoms with Gasteiger partial charge in [0.25, 0.3) is 5.91 Å². The number of alkyl halides is 1. The van der Waals surface area contributed by atoms with E-state index in [1.807, 2.05) is 13.8 Å². The van der Waals surface area contributed by atoms with Gasteiger partial charge in [0.2, 0.25) is 0 Å². The summed E-state index contributed by atoms with van der Waals surface area (Å²) in [4.78, 5) is 18.6. The van der Waals surface area contributed by atoms with Crippen molar-refractivity contribution in [3.63, 3.8) is 0 Å². The molecular formula is C22H27F2N3O2. The fourth-order valence-electron chi connectivity index (χ4n) is 4.34. The zero-order chi connectivity index (χ0) is 20.8. The van der Waals surface area contributed by atoms with Crippen LogP contribution in [0.25, 0.3) is 10.9 Å². The van der Waals surface area contributed by atoms with Crippen LogP contribution in [0.3, 0.4) is 0 Å². The van der Waals surface area contributed by atoms with Crippen LogP contribution in [0.4, 0.5) is 14.5 Å². The highest BCUT2D eigenvalue weighted by Crippen LogP contribution is 2.33. The van der Waals surface area contributed by atoms with E-state index >= 15 is 0 Å². The molecule has 2 heterocycles. The molecule has 2 aliphatic rings. The molecule has 0 unspecified atom stereocenters. The number of amides is 1. The first-order chi connectivity index (χ1) is 13.7. The van der Waals surface area contributed by atoms with E-state index < -0.39 is 17.6 Å². The first kappa shape index (κ1) is 20.0. The molecule has 2 fully saturated rings. The number of nitrogens with one attached hydrogen (secondary N) is 1. The number of nitrogens with zero attached hydrogens (tertiary/aromatic N) is 2. The van der Waals surface area contributed by atoms with Crippen LogP contribution in [0, 0.1) is 11.7 Å². The maximum absolute atomic E-state index is 14.4. The summed E-state index contributed by atoms with van der Waals surface area (Å²) in [6.07, 6.45) is 3.97. The number of aliphatic hydroxyl groups is 1. The number of fused-ring (bicyclic) bond motifs is 1. The standard InChI is InChI=1S/C22H27F2N3O2/c1-22(2,29)15-3-5-17(6-4-15)26-21(28)14-7-13-8-18(24)20(9-19(13)25-10-14)27-11-16(23)12-27/h7-10,15-17,29H,3-6,11-12H2,1-2H3,(H,26,28). The molecule has 2 aromatic rings. The molecule has 0 radical (unpaired) electrons. The Morgan fingerprint density at radius 2 is 1.90 bits per heavy atom. The molecule has 0 atom stereocenters. The number of carbonyl (C=O) groups is 1. The normalized spacial score (nSPS) is 23.1. The molecule has 4 rings (SSSR count). The molecule has 1 aromatic heterocycles. The third-order valence-electron chi connectivity index (χ3n) is 6.25. The summed E-state index contributed by atoms with van der Waals surface area (Å²) in [7, 11) is 0. The summed E-state index contributed by atoms with van der Waals surface area (Å²) in [6, 6.07) is 4.67. The minimum atomic E-state index is -0.914. The van der Waals surface area contributed by atoms with E-state index in [1.54, 1.807) is 17.0 Å². The average Bonchev–Trinajstić information content (AvgIpc) is 2.64. The van der Waals surface area contributed by atoms with E-state index in [9.17, 15) is 18.7 Å². The van der Waals surface area contributed by atoms with Crippen molar-refractivity contribution in [2.75, 3.05) is 18.0 Å². The average molecular weight is 403 g/mol. The van der Waals surface area contributed by atoms with Crippen molar-refractivity contribution in [3.8, 4) is 0 Å². The molecule has 2 N–H and O–H groups in total. The number of benzene rings is 1. The Morgan fingerprint density at radius 3 is 2.52 bits per heavy atom.